The molecule has 0 aliphatic rings. The van der Waals surface area contributed by atoms with Gasteiger partial charge in [0.25, 0.3) is 0 Å². The fourth-order valence-electron chi connectivity index (χ4n) is 1.78. The first-order valence-electron chi connectivity index (χ1n) is 7.88. The Morgan fingerprint density at radius 3 is 2.22 bits per heavy atom. The highest BCUT2D eigenvalue weighted by Gasteiger charge is 2.06. The third kappa shape index (κ3) is 9.53. The molecule has 23 heavy (non-hydrogen) atoms. The fourth-order valence-corrected chi connectivity index (χ4v) is 1.78. The molecular weight excluding hydrogens is 405 g/mol. The van der Waals surface area contributed by atoms with Crippen LogP contribution in [-0.2, 0) is 0 Å². The zero-order chi connectivity index (χ0) is 16.4. The van der Waals surface area contributed by atoms with E-state index in [4.69, 9.17) is 9.47 Å². The molecule has 0 radical (unpaired) electrons. The molecule has 1 aromatic rings. The van der Waals surface area contributed by atoms with Crippen molar-refractivity contribution in [3.63, 3.8) is 0 Å². The monoisotopic (exact) mass is 435 g/mol. The maximum absolute atomic E-state index is 5.87. The van der Waals surface area contributed by atoms with Crippen LogP contribution in [0.4, 0.5) is 0 Å². The standard InChI is InChI=1S/C17H29N3O2.HI/c1-6-18-17(19-11-13(2)3)20-12-14(4)22-16-9-7-15(21-5)8-10-16;/h7-10,13-14H,6,11-12H2,1-5H3,(H2,18,19,20);1H. The van der Waals surface area contributed by atoms with E-state index in [1.807, 2.05) is 31.2 Å². The van der Waals surface area contributed by atoms with Crippen LogP contribution in [0.1, 0.15) is 27.7 Å². The van der Waals surface area contributed by atoms with Crippen molar-refractivity contribution < 1.29 is 9.47 Å². The van der Waals surface area contributed by atoms with Gasteiger partial charge in [-0.05, 0) is 44.0 Å². The molecule has 0 aliphatic heterocycles. The molecule has 132 valence electrons. The molecule has 0 saturated carbocycles. The Labute approximate surface area is 157 Å². The van der Waals surface area contributed by atoms with E-state index in [0.29, 0.717) is 12.5 Å². The number of hydrogen-bond donors (Lipinski definition) is 2. The van der Waals surface area contributed by atoms with Gasteiger partial charge in [-0.1, -0.05) is 13.8 Å². The second-order valence-corrected chi connectivity index (χ2v) is 5.60. The number of rotatable bonds is 8. The minimum absolute atomic E-state index is 0. The maximum atomic E-state index is 5.87. The van der Waals surface area contributed by atoms with Gasteiger partial charge in [-0.2, -0.15) is 0 Å². The van der Waals surface area contributed by atoms with E-state index in [1.54, 1.807) is 7.11 Å². The number of nitrogens with zero attached hydrogens (tertiary/aromatic N) is 1. The molecule has 1 rings (SSSR count). The molecule has 0 heterocycles. The summed E-state index contributed by atoms with van der Waals surface area (Å²) < 4.78 is 11.0. The van der Waals surface area contributed by atoms with E-state index in [9.17, 15) is 0 Å². The number of benzene rings is 1. The summed E-state index contributed by atoms with van der Waals surface area (Å²) in [6.45, 7) is 10.7. The van der Waals surface area contributed by atoms with Gasteiger partial charge in [0.15, 0.2) is 5.96 Å². The van der Waals surface area contributed by atoms with Crippen LogP contribution in [0.5, 0.6) is 11.5 Å². The van der Waals surface area contributed by atoms with E-state index < -0.39 is 0 Å². The average Bonchev–Trinajstić information content (AvgIpc) is 2.50. The molecule has 0 spiro atoms. The lowest BCUT2D eigenvalue weighted by Gasteiger charge is -2.18. The van der Waals surface area contributed by atoms with Gasteiger partial charge in [-0.15, -0.1) is 24.0 Å². The highest BCUT2D eigenvalue weighted by atomic mass is 127. The molecule has 2 N–H and O–H groups in total. The zero-order valence-corrected chi connectivity index (χ0v) is 17.1. The smallest absolute Gasteiger partial charge is 0.191 e. The predicted octanol–water partition coefficient (Wildman–Crippen LogP) is 3.29. The topological polar surface area (TPSA) is 54.9 Å². The van der Waals surface area contributed by atoms with Crippen LogP contribution in [0.25, 0.3) is 0 Å². The largest absolute Gasteiger partial charge is 0.497 e. The normalized spacial score (nSPS) is 12.3. The van der Waals surface area contributed by atoms with E-state index in [0.717, 1.165) is 30.5 Å². The summed E-state index contributed by atoms with van der Waals surface area (Å²) in [6, 6.07) is 7.61. The van der Waals surface area contributed by atoms with Gasteiger partial charge in [0.2, 0.25) is 0 Å². The number of halogens is 1. The zero-order valence-electron chi connectivity index (χ0n) is 14.8. The lowest BCUT2D eigenvalue weighted by atomic mass is 10.2. The summed E-state index contributed by atoms with van der Waals surface area (Å²) in [7, 11) is 1.65. The minimum atomic E-state index is 0. The van der Waals surface area contributed by atoms with Gasteiger partial charge >= 0.3 is 0 Å². The Hall–Kier alpha value is -1.18. The second kappa shape index (κ2) is 12.3. The van der Waals surface area contributed by atoms with Crippen molar-refractivity contribution in [3.8, 4) is 11.5 Å². The first-order valence-corrected chi connectivity index (χ1v) is 7.88. The molecule has 0 aromatic heterocycles. The van der Waals surface area contributed by atoms with Crippen LogP contribution in [0.3, 0.4) is 0 Å². The lowest BCUT2D eigenvalue weighted by molar-refractivity contribution is 0.223. The third-order valence-corrected chi connectivity index (χ3v) is 2.91. The van der Waals surface area contributed by atoms with Crippen molar-refractivity contribution in [2.75, 3.05) is 26.7 Å². The summed E-state index contributed by atoms with van der Waals surface area (Å²) in [5, 5.41) is 6.55. The van der Waals surface area contributed by atoms with Gasteiger partial charge in [-0.25, -0.2) is 0 Å². The van der Waals surface area contributed by atoms with E-state index in [-0.39, 0.29) is 30.1 Å². The van der Waals surface area contributed by atoms with Crippen LogP contribution in [-0.4, -0.2) is 38.8 Å². The first kappa shape index (κ1) is 21.8. The van der Waals surface area contributed by atoms with Gasteiger partial charge in [0.1, 0.15) is 17.6 Å². The molecular formula is C17H30IN3O2. The highest BCUT2D eigenvalue weighted by Crippen LogP contribution is 2.17. The van der Waals surface area contributed by atoms with Gasteiger partial charge in [0, 0.05) is 13.1 Å². The number of methoxy groups -OCH3 is 1. The summed E-state index contributed by atoms with van der Waals surface area (Å²) in [5.74, 6) is 3.04. The Kier molecular flexibility index (Phi) is 11.6. The van der Waals surface area contributed by atoms with Crippen molar-refractivity contribution in [3.05, 3.63) is 24.3 Å². The number of guanidine groups is 1. The Morgan fingerprint density at radius 1 is 1.09 bits per heavy atom. The van der Waals surface area contributed by atoms with Crippen LogP contribution >= 0.6 is 24.0 Å². The molecule has 1 unspecified atom stereocenters. The lowest BCUT2D eigenvalue weighted by Crippen LogP contribution is -2.42. The minimum Gasteiger partial charge on any atom is -0.497 e. The number of nitrogens with one attached hydrogen (secondary N) is 2. The fraction of sp³-hybridized carbons (Fsp3) is 0.588. The van der Waals surface area contributed by atoms with Crippen molar-refractivity contribution in [1.82, 2.24) is 10.6 Å². The van der Waals surface area contributed by atoms with Crippen molar-refractivity contribution in [2.24, 2.45) is 10.9 Å². The summed E-state index contributed by atoms with van der Waals surface area (Å²) in [5.41, 5.74) is 0. The molecule has 0 fully saturated rings. The number of ether oxygens (including phenoxy) is 2. The molecule has 6 heteroatoms. The molecule has 5 nitrogen and oxygen atoms in total. The first-order chi connectivity index (χ1) is 10.5. The SMILES string of the molecule is CCNC(=NCC(C)C)NCC(C)Oc1ccc(OC)cc1.I. The maximum Gasteiger partial charge on any atom is 0.191 e. The molecule has 0 bridgehead atoms. The number of aliphatic imine (C=N–C) groups is 1. The summed E-state index contributed by atoms with van der Waals surface area (Å²) in [4.78, 5) is 4.54. The molecule has 0 saturated heterocycles. The van der Waals surface area contributed by atoms with Crippen molar-refractivity contribution >= 4 is 29.9 Å². The predicted molar refractivity (Wildman–Crippen MR) is 107 cm³/mol. The second-order valence-electron chi connectivity index (χ2n) is 5.60. The quantitative estimate of drug-likeness (QED) is 0.374. The Morgan fingerprint density at radius 2 is 1.70 bits per heavy atom. The Balaban J connectivity index is 0.00000484. The van der Waals surface area contributed by atoms with Crippen LogP contribution in [0, 0.1) is 5.92 Å². The summed E-state index contributed by atoms with van der Waals surface area (Å²) in [6.07, 6.45) is 0.0382. The van der Waals surface area contributed by atoms with E-state index in [1.165, 1.54) is 0 Å². The molecule has 1 atom stereocenters. The summed E-state index contributed by atoms with van der Waals surface area (Å²) >= 11 is 0. The van der Waals surface area contributed by atoms with Crippen LogP contribution < -0.4 is 20.1 Å². The van der Waals surface area contributed by atoms with E-state index in [2.05, 4.69) is 36.4 Å². The average molecular weight is 435 g/mol. The van der Waals surface area contributed by atoms with Crippen LogP contribution in [0.2, 0.25) is 0 Å². The molecule has 1 aromatic carbocycles. The third-order valence-electron chi connectivity index (χ3n) is 2.91. The van der Waals surface area contributed by atoms with Crippen LogP contribution in [0.15, 0.2) is 29.3 Å². The Bertz CT molecular complexity index is 450. The van der Waals surface area contributed by atoms with Gasteiger partial charge in [0.05, 0.1) is 13.7 Å². The van der Waals surface area contributed by atoms with E-state index >= 15 is 0 Å². The van der Waals surface area contributed by atoms with Crippen molar-refractivity contribution in [2.45, 2.75) is 33.8 Å². The molecule has 0 amide bonds. The van der Waals surface area contributed by atoms with Gasteiger partial charge in [-0.3, -0.25) is 4.99 Å². The van der Waals surface area contributed by atoms with Crippen molar-refractivity contribution in [1.29, 1.82) is 0 Å². The molecule has 0 aliphatic carbocycles. The highest BCUT2D eigenvalue weighted by molar-refractivity contribution is 14.0. The van der Waals surface area contributed by atoms with Gasteiger partial charge < -0.3 is 20.1 Å². The number of hydrogen-bond acceptors (Lipinski definition) is 3.